The highest BCUT2D eigenvalue weighted by Crippen LogP contribution is 1.96. The molecule has 13 heavy (non-hydrogen) atoms. The number of carboxylic acids is 1. The van der Waals surface area contributed by atoms with Crippen LogP contribution in [0.4, 0.5) is 0 Å². The third kappa shape index (κ3) is 4.66. The van der Waals surface area contributed by atoms with Gasteiger partial charge in [0.25, 0.3) is 0 Å². The number of amides is 1. The van der Waals surface area contributed by atoms with Crippen molar-refractivity contribution in [1.82, 2.24) is 5.32 Å². The number of hydrogen-bond acceptors (Lipinski definition) is 4. The van der Waals surface area contributed by atoms with E-state index in [-0.39, 0.29) is 24.8 Å². The molecule has 6 N–H and O–H groups in total. The molecular weight excluding hydrogens is 198 g/mol. The third-order valence-electron chi connectivity index (χ3n) is 1.38. The first-order valence-corrected chi connectivity index (χ1v) is 4.07. The Bertz CT molecular complexity index is 207. The number of carbonyl (C=O) groups excluding carboxylic acids is 1. The molecule has 0 aliphatic heterocycles. The predicted octanol–water partition coefficient (Wildman–Crippen LogP) is -1.57. The summed E-state index contributed by atoms with van der Waals surface area (Å²) in [5.74, 6) is -1.87. The molecule has 0 aromatic heterocycles. The highest BCUT2D eigenvalue weighted by atomic mass is 35.5. The smallest absolute Gasteiger partial charge is 0.338 e. The molecule has 0 saturated carbocycles. The average Bonchev–Trinajstić information content (AvgIpc) is 2.03. The van der Waals surface area contributed by atoms with Gasteiger partial charge in [0.05, 0.1) is 0 Å². The third-order valence-corrected chi connectivity index (χ3v) is 1.62. The largest absolute Gasteiger partial charge is 0.479 e. The summed E-state index contributed by atoms with van der Waals surface area (Å²) >= 11 is 5.17. The van der Waals surface area contributed by atoms with Crippen LogP contribution in [0.2, 0.25) is 0 Å². The van der Waals surface area contributed by atoms with Crippen LogP contribution in [0, 0.1) is 0 Å². The number of nitrogens with two attached hydrogens (primary N) is 2. The van der Waals surface area contributed by atoms with E-state index in [0.29, 0.717) is 0 Å². The summed E-state index contributed by atoms with van der Waals surface area (Å²) in [7, 11) is 0. The maximum atomic E-state index is 10.6. The van der Waals surface area contributed by atoms with Gasteiger partial charge in [0.2, 0.25) is 5.91 Å². The number of alkyl halides is 1. The van der Waals surface area contributed by atoms with E-state index in [1.54, 1.807) is 0 Å². The van der Waals surface area contributed by atoms with Crippen molar-refractivity contribution in [2.45, 2.75) is 12.1 Å². The normalized spacial score (nSPS) is 11.0. The lowest BCUT2D eigenvalue weighted by Gasteiger charge is -2.18. The highest BCUT2D eigenvalue weighted by molar-refractivity contribution is 6.27. The number of nitrogens with one attached hydrogen (secondary N) is 1. The van der Waals surface area contributed by atoms with Gasteiger partial charge >= 0.3 is 5.97 Å². The Kier molecular flexibility index (Phi) is 4.68. The van der Waals surface area contributed by atoms with Crippen molar-refractivity contribution >= 4 is 23.5 Å². The van der Waals surface area contributed by atoms with Crippen molar-refractivity contribution < 1.29 is 14.7 Å². The van der Waals surface area contributed by atoms with Gasteiger partial charge in [-0.1, -0.05) is 0 Å². The Morgan fingerprint density at radius 1 is 1.46 bits per heavy atom. The van der Waals surface area contributed by atoms with Gasteiger partial charge < -0.3 is 21.9 Å². The van der Waals surface area contributed by atoms with Crippen molar-refractivity contribution in [3.8, 4) is 0 Å². The molecule has 0 unspecified atom stereocenters. The van der Waals surface area contributed by atoms with E-state index in [9.17, 15) is 9.59 Å². The van der Waals surface area contributed by atoms with Crippen LogP contribution in [0.15, 0.2) is 0 Å². The number of halogens is 1. The molecule has 0 heterocycles. The summed E-state index contributed by atoms with van der Waals surface area (Å²) in [6.45, 7) is 0.0881. The fourth-order valence-electron chi connectivity index (χ4n) is 0.563. The molecule has 0 saturated heterocycles. The van der Waals surface area contributed by atoms with Crippen molar-refractivity contribution in [3.05, 3.63) is 0 Å². The molecule has 1 amide bonds. The first-order chi connectivity index (χ1) is 5.90. The molecule has 0 aliphatic carbocycles. The molecule has 0 aromatic rings. The van der Waals surface area contributed by atoms with Crippen LogP contribution in [0.1, 0.15) is 6.42 Å². The predicted molar refractivity (Wildman–Crippen MR) is 47.1 cm³/mol. The zero-order valence-electron chi connectivity index (χ0n) is 6.92. The van der Waals surface area contributed by atoms with E-state index in [4.69, 9.17) is 28.2 Å². The van der Waals surface area contributed by atoms with E-state index in [0.717, 1.165) is 0 Å². The summed E-state index contributed by atoms with van der Waals surface area (Å²) in [6, 6.07) is 0. The Morgan fingerprint density at radius 3 is 2.38 bits per heavy atom. The Hall–Kier alpha value is -0.850. The SMILES string of the molecule is NC(N)(CCNC(=O)CCl)C(=O)O. The fourth-order valence-corrected chi connectivity index (χ4v) is 0.657. The van der Waals surface area contributed by atoms with E-state index in [1.165, 1.54) is 0 Å². The summed E-state index contributed by atoms with van der Waals surface area (Å²) in [5.41, 5.74) is 8.56. The van der Waals surface area contributed by atoms with Gasteiger partial charge in [0, 0.05) is 13.0 Å². The van der Waals surface area contributed by atoms with Gasteiger partial charge in [-0.05, 0) is 0 Å². The van der Waals surface area contributed by atoms with Crippen LogP contribution in [0.5, 0.6) is 0 Å². The molecule has 0 radical (unpaired) electrons. The summed E-state index contributed by atoms with van der Waals surface area (Å²) in [4.78, 5) is 21.0. The van der Waals surface area contributed by atoms with E-state index < -0.39 is 11.6 Å². The van der Waals surface area contributed by atoms with Crippen LogP contribution in [-0.2, 0) is 9.59 Å². The maximum Gasteiger partial charge on any atom is 0.338 e. The second kappa shape index (κ2) is 5.00. The number of aliphatic carboxylic acids is 1. The number of carboxylic acid groups (broad SMARTS) is 1. The molecule has 0 aromatic carbocycles. The van der Waals surface area contributed by atoms with Gasteiger partial charge in [-0.3, -0.25) is 4.79 Å². The van der Waals surface area contributed by atoms with E-state index in [2.05, 4.69) is 5.32 Å². The molecule has 0 spiro atoms. The summed E-state index contributed by atoms with van der Waals surface area (Å²) < 4.78 is 0. The first-order valence-electron chi connectivity index (χ1n) is 3.54. The van der Waals surface area contributed by atoms with Crippen molar-refractivity contribution in [1.29, 1.82) is 0 Å². The minimum Gasteiger partial charge on any atom is -0.479 e. The van der Waals surface area contributed by atoms with Gasteiger partial charge in [-0.15, -0.1) is 11.6 Å². The van der Waals surface area contributed by atoms with Gasteiger partial charge in [0.1, 0.15) is 5.88 Å². The first kappa shape index (κ1) is 12.2. The lowest BCUT2D eigenvalue weighted by molar-refractivity contribution is -0.143. The summed E-state index contributed by atoms with van der Waals surface area (Å²) in [5, 5.41) is 10.8. The molecule has 0 rings (SSSR count). The Morgan fingerprint density at radius 2 is 2.00 bits per heavy atom. The second-order valence-corrected chi connectivity index (χ2v) is 2.85. The zero-order chi connectivity index (χ0) is 10.5. The Labute approximate surface area is 80.2 Å². The highest BCUT2D eigenvalue weighted by Gasteiger charge is 2.27. The standard InChI is InChI=1S/C6H12ClN3O3/c7-3-4(11)10-2-1-6(8,9)5(12)13/h1-3,8-9H2,(H,10,11)(H,12,13). The monoisotopic (exact) mass is 209 g/mol. The lowest BCUT2D eigenvalue weighted by Crippen LogP contribution is -2.57. The zero-order valence-corrected chi connectivity index (χ0v) is 7.67. The van der Waals surface area contributed by atoms with Crippen molar-refractivity contribution in [3.63, 3.8) is 0 Å². The molecule has 7 heteroatoms. The van der Waals surface area contributed by atoms with Gasteiger partial charge in [0.15, 0.2) is 5.66 Å². The molecule has 0 atom stereocenters. The van der Waals surface area contributed by atoms with Crippen LogP contribution >= 0.6 is 11.6 Å². The van der Waals surface area contributed by atoms with Crippen molar-refractivity contribution in [2.75, 3.05) is 12.4 Å². The molecule has 76 valence electrons. The van der Waals surface area contributed by atoms with E-state index >= 15 is 0 Å². The topological polar surface area (TPSA) is 118 Å². The van der Waals surface area contributed by atoms with Crippen LogP contribution in [0.3, 0.4) is 0 Å². The number of rotatable bonds is 5. The second-order valence-electron chi connectivity index (χ2n) is 2.58. The fraction of sp³-hybridized carbons (Fsp3) is 0.667. The Balaban J connectivity index is 3.76. The molecule has 0 bridgehead atoms. The van der Waals surface area contributed by atoms with Crippen LogP contribution in [-0.4, -0.2) is 35.1 Å². The lowest BCUT2D eigenvalue weighted by atomic mass is 10.1. The minimum atomic E-state index is -1.81. The maximum absolute atomic E-state index is 10.6. The minimum absolute atomic E-state index is 0.0506. The molecule has 6 nitrogen and oxygen atoms in total. The molecule has 0 fully saturated rings. The van der Waals surface area contributed by atoms with Crippen LogP contribution < -0.4 is 16.8 Å². The van der Waals surface area contributed by atoms with Gasteiger partial charge in [-0.25, -0.2) is 4.79 Å². The van der Waals surface area contributed by atoms with E-state index in [1.807, 2.05) is 0 Å². The average molecular weight is 210 g/mol. The van der Waals surface area contributed by atoms with Crippen molar-refractivity contribution in [2.24, 2.45) is 11.5 Å². The summed E-state index contributed by atoms with van der Waals surface area (Å²) in [6.07, 6.45) is -0.0506. The quantitative estimate of drug-likeness (QED) is 0.322. The van der Waals surface area contributed by atoms with Crippen LogP contribution in [0.25, 0.3) is 0 Å². The number of carbonyl (C=O) groups is 2. The molecule has 0 aliphatic rings. The molecular formula is C6H12ClN3O3. The number of hydrogen-bond donors (Lipinski definition) is 4. The van der Waals surface area contributed by atoms with Gasteiger partial charge in [-0.2, -0.15) is 0 Å².